The molecule has 2 aromatic carbocycles. The van der Waals surface area contributed by atoms with E-state index in [-0.39, 0.29) is 11.9 Å². The van der Waals surface area contributed by atoms with E-state index in [0.29, 0.717) is 18.8 Å². The molecule has 132 valence electrons. The van der Waals surface area contributed by atoms with Crippen molar-refractivity contribution >= 4 is 17.6 Å². The molecular formula is C20H25N3O2. The number of hydrogen-bond donors (Lipinski definition) is 2. The summed E-state index contributed by atoms with van der Waals surface area (Å²) in [7, 11) is 1.74. The fourth-order valence-electron chi connectivity index (χ4n) is 2.56. The SMILES string of the molecule is CCc1ccccc1CNC(=O)Nc1ccccc1CN(C)C(C)=O. The number of para-hydroxylation sites is 1. The number of aryl methyl sites for hydroxylation is 1. The molecule has 5 nitrogen and oxygen atoms in total. The number of benzene rings is 2. The van der Waals surface area contributed by atoms with Crippen molar-refractivity contribution in [2.24, 2.45) is 0 Å². The largest absolute Gasteiger partial charge is 0.342 e. The van der Waals surface area contributed by atoms with Gasteiger partial charge in [0, 0.05) is 32.7 Å². The Morgan fingerprint density at radius 3 is 2.20 bits per heavy atom. The third-order valence-electron chi connectivity index (χ3n) is 4.15. The maximum Gasteiger partial charge on any atom is 0.319 e. The summed E-state index contributed by atoms with van der Waals surface area (Å²) in [5.41, 5.74) is 3.94. The summed E-state index contributed by atoms with van der Waals surface area (Å²) >= 11 is 0. The summed E-state index contributed by atoms with van der Waals surface area (Å²) in [5, 5.41) is 5.77. The van der Waals surface area contributed by atoms with E-state index < -0.39 is 0 Å². The zero-order valence-corrected chi connectivity index (χ0v) is 15.0. The molecule has 0 aliphatic heterocycles. The maximum atomic E-state index is 12.3. The molecule has 0 spiro atoms. The van der Waals surface area contributed by atoms with Crippen LogP contribution in [0.3, 0.4) is 0 Å². The fraction of sp³-hybridized carbons (Fsp3) is 0.300. The van der Waals surface area contributed by atoms with Gasteiger partial charge in [-0.05, 0) is 29.2 Å². The van der Waals surface area contributed by atoms with Gasteiger partial charge < -0.3 is 15.5 Å². The van der Waals surface area contributed by atoms with Crippen molar-refractivity contribution in [2.75, 3.05) is 12.4 Å². The fourth-order valence-corrected chi connectivity index (χ4v) is 2.56. The van der Waals surface area contributed by atoms with Crippen LogP contribution in [0.15, 0.2) is 48.5 Å². The van der Waals surface area contributed by atoms with E-state index in [4.69, 9.17) is 0 Å². The molecule has 3 amide bonds. The van der Waals surface area contributed by atoms with Crippen molar-refractivity contribution in [1.29, 1.82) is 0 Å². The van der Waals surface area contributed by atoms with Crippen LogP contribution in [0, 0.1) is 0 Å². The van der Waals surface area contributed by atoms with Crippen LogP contribution in [0.5, 0.6) is 0 Å². The monoisotopic (exact) mass is 339 g/mol. The van der Waals surface area contributed by atoms with Gasteiger partial charge in [-0.15, -0.1) is 0 Å². The number of urea groups is 1. The summed E-state index contributed by atoms with van der Waals surface area (Å²) in [6, 6.07) is 15.3. The molecule has 0 bridgehead atoms. The molecular weight excluding hydrogens is 314 g/mol. The number of hydrogen-bond acceptors (Lipinski definition) is 2. The average molecular weight is 339 g/mol. The van der Waals surface area contributed by atoms with E-state index in [1.165, 1.54) is 12.5 Å². The third-order valence-corrected chi connectivity index (χ3v) is 4.15. The van der Waals surface area contributed by atoms with E-state index in [1.54, 1.807) is 11.9 Å². The highest BCUT2D eigenvalue weighted by Gasteiger charge is 2.10. The van der Waals surface area contributed by atoms with Gasteiger partial charge in [-0.25, -0.2) is 4.79 Å². The van der Waals surface area contributed by atoms with Gasteiger partial charge in [0.25, 0.3) is 0 Å². The quantitative estimate of drug-likeness (QED) is 0.845. The van der Waals surface area contributed by atoms with Crippen molar-refractivity contribution in [3.63, 3.8) is 0 Å². The van der Waals surface area contributed by atoms with Crippen LogP contribution in [-0.2, 0) is 24.3 Å². The van der Waals surface area contributed by atoms with Crippen LogP contribution in [0.1, 0.15) is 30.5 Å². The number of rotatable bonds is 6. The number of carbonyl (C=O) groups excluding carboxylic acids is 2. The summed E-state index contributed by atoms with van der Waals surface area (Å²) in [4.78, 5) is 25.3. The lowest BCUT2D eigenvalue weighted by molar-refractivity contribution is -0.128. The number of anilines is 1. The van der Waals surface area contributed by atoms with Crippen molar-refractivity contribution in [3.8, 4) is 0 Å². The Morgan fingerprint density at radius 1 is 0.960 bits per heavy atom. The first kappa shape index (κ1) is 18.5. The Balaban J connectivity index is 2.00. The summed E-state index contributed by atoms with van der Waals surface area (Å²) in [6.07, 6.45) is 0.930. The van der Waals surface area contributed by atoms with Crippen molar-refractivity contribution in [1.82, 2.24) is 10.2 Å². The van der Waals surface area contributed by atoms with Gasteiger partial charge in [0.2, 0.25) is 5.91 Å². The molecule has 0 atom stereocenters. The minimum atomic E-state index is -0.260. The number of amides is 3. The minimum absolute atomic E-state index is 0.0181. The Kier molecular flexibility index (Phi) is 6.57. The minimum Gasteiger partial charge on any atom is -0.342 e. The van der Waals surface area contributed by atoms with Crippen molar-refractivity contribution in [3.05, 3.63) is 65.2 Å². The maximum absolute atomic E-state index is 12.3. The smallest absolute Gasteiger partial charge is 0.319 e. The molecule has 0 aliphatic rings. The highest BCUT2D eigenvalue weighted by molar-refractivity contribution is 5.90. The highest BCUT2D eigenvalue weighted by atomic mass is 16.2. The van der Waals surface area contributed by atoms with Gasteiger partial charge in [0.15, 0.2) is 0 Å². The zero-order valence-electron chi connectivity index (χ0n) is 15.0. The molecule has 0 saturated heterocycles. The molecule has 0 fully saturated rings. The molecule has 0 aromatic heterocycles. The summed E-state index contributed by atoms with van der Waals surface area (Å²) in [6.45, 7) is 4.55. The predicted molar refractivity (Wildman–Crippen MR) is 100 cm³/mol. The number of nitrogens with zero attached hydrogens (tertiary/aromatic N) is 1. The van der Waals surface area contributed by atoms with Crippen molar-refractivity contribution < 1.29 is 9.59 Å². The highest BCUT2D eigenvalue weighted by Crippen LogP contribution is 2.17. The Labute approximate surface area is 149 Å². The molecule has 2 rings (SSSR count). The second kappa shape index (κ2) is 8.87. The molecule has 0 saturated carbocycles. The molecule has 2 N–H and O–H groups in total. The zero-order chi connectivity index (χ0) is 18.2. The Morgan fingerprint density at radius 2 is 1.56 bits per heavy atom. The van der Waals surface area contributed by atoms with Crippen LogP contribution in [0.2, 0.25) is 0 Å². The Hall–Kier alpha value is -2.82. The first-order valence-corrected chi connectivity index (χ1v) is 8.42. The topological polar surface area (TPSA) is 61.4 Å². The molecule has 0 heterocycles. The number of carbonyl (C=O) groups is 2. The van der Waals surface area contributed by atoms with Crippen LogP contribution < -0.4 is 10.6 Å². The van der Waals surface area contributed by atoms with Gasteiger partial charge >= 0.3 is 6.03 Å². The van der Waals surface area contributed by atoms with E-state index >= 15 is 0 Å². The van der Waals surface area contributed by atoms with E-state index in [0.717, 1.165) is 17.5 Å². The van der Waals surface area contributed by atoms with Gasteiger partial charge in [-0.1, -0.05) is 49.4 Å². The van der Waals surface area contributed by atoms with E-state index in [9.17, 15) is 9.59 Å². The average Bonchev–Trinajstić information content (AvgIpc) is 2.61. The summed E-state index contributed by atoms with van der Waals surface area (Å²) in [5.74, 6) is -0.0181. The van der Waals surface area contributed by atoms with Crippen LogP contribution >= 0.6 is 0 Å². The molecule has 0 unspecified atom stereocenters. The molecule has 5 heteroatoms. The second-order valence-electron chi connectivity index (χ2n) is 5.96. The molecule has 2 aromatic rings. The number of nitrogens with one attached hydrogen (secondary N) is 2. The second-order valence-corrected chi connectivity index (χ2v) is 5.96. The van der Waals surface area contributed by atoms with Gasteiger partial charge in [-0.2, -0.15) is 0 Å². The molecule has 0 aliphatic carbocycles. The van der Waals surface area contributed by atoms with Crippen molar-refractivity contribution in [2.45, 2.75) is 33.4 Å². The molecule has 25 heavy (non-hydrogen) atoms. The first-order valence-electron chi connectivity index (χ1n) is 8.42. The lowest BCUT2D eigenvalue weighted by atomic mass is 10.1. The van der Waals surface area contributed by atoms with Gasteiger partial charge in [0.1, 0.15) is 0 Å². The van der Waals surface area contributed by atoms with E-state index in [1.807, 2.05) is 42.5 Å². The Bertz CT molecular complexity index is 743. The van der Waals surface area contributed by atoms with Crippen LogP contribution in [0.25, 0.3) is 0 Å². The lowest BCUT2D eigenvalue weighted by Gasteiger charge is -2.18. The van der Waals surface area contributed by atoms with Crippen LogP contribution in [-0.4, -0.2) is 23.9 Å². The third kappa shape index (κ3) is 5.35. The summed E-state index contributed by atoms with van der Waals surface area (Å²) < 4.78 is 0. The lowest BCUT2D eigenvalue weighted by Crippen LogP contribution is -2.30. The molecule has 0 radical (unpaired) electrons. The van der Waals surface area contributed by atoms with Gasteiger partial charge in [0.05, 0.1) is 0 Å². The van der Waals surface area contributed by atoms with E-state index in [2.05, 4.69) is 23.6 Å². The first-order chi connectivity index (χ1) is 12.0. The predicted octanol–water partition coefficient (Wildman–Crippen LogP) is 3.55. The van der Waals surface area contributed by atoms with Gasteiger partial charge in [-0.3, -0.25) is 4.79 Å². The normalized spacial score (nSPS) is 10.2. The van der Waals surface area contributed by atoms with Crippen LogP contribution in [0.4, 0.5) is 10.5 Å². The standard InChI is InChI=1S/C20H25N3O2/c1-4-16-9-5-6-10-17(16)13-21-20(25)22-19-12-8-7-11-18(19)14-23(3)15(2)24/h5-12H,4,13-14H2,1-3H3,(H2,21,22,25).